The second kappa shape index (κ2) is 63.4. The zero-order chi connectivity index (χ0) is 53.6. The Hall–Kier alpha value is -2.11. The fourth-order valence-electron chi connectivity index (χ4n) is 10.2. The number of unbranched alkanes of at least 4 members (excludes halogenated alkanes) is 47. The first-order chi connectivity index (χ1) is 36.5. The van der Waals surface area contributed by atoms with Gasteiger partial charge in [0.05, 0.1) is 0 Å². The highest BCUT2D eigenvalue weighted by Crippen LogP contribution is 2.18. The lowest BCUT2D eigenvalue weighted by Crippen LogP contribution is -2.30. The van der Waals surface area contributed by atoms with E-state index < -0.39 is 6.10 Å². The van der Waals surface area contributed by atoms with Crippen LogP contribution in [0.15, 0.2) is 24.3 Å². The van der Waals surface area contributed by atoms with E-state index in [2.05, 4.69) is 45.1 Å². The first-order valence-electron chi connectivity index (χ1n) is 33.3. The van der Waals surface area contributed by atoms with Crippen LogP contribution in [0.2, 0.25) is 0 Å². The SMILES string of the molecule is CCCCCCC/C=C\C/C=C\CCCCCCCCCCCCCC(=O)OC(COC(=O)CCCCCCCCC)COC(=O)CCCCCCCCCCCCCCCCCCCCCCCCCCCC. The van der Waals surface area contributed by atoms with Crippen LogP contribution in [-0.4, -0.2) is 37.2 Å². The number of ether oxygens (including phenoxy) is 3. The maximum absolute atomic E-state index is 12.9. The summed E-state index contributed by atoms with van der Waals surface area (Å²) in [6, 6.07) is 0. The van der Waals surface area contributed by atoms with Gasteiger partial charge in [-0.1, -0.05) is 328 Å². The third-order valence-electron chi connectivity index (χ3n) is 15.2. The van der Waals surface area contributed by atoms with E-state index in [1.807, 2.05) is 0 Å². The van der Waals surface area contributed by atoms with Crippen molar-refractivity contribution in [3.05, 3.63) is 24.3 Å². The first-order valence-corrected chi connectivity index (χ1v) is 33.3. The molecule has 0 aromatic heterocycles. The Morgan fingerprint density at radius 3 is 0.743 bits per heavy atom. The summed E-state index contributed by atoms with van der Waals surface area (Å²) in [6.07, 6.45) is 76.6. The van der Waals surface area contributed by atoms with E-state index in [1.165, 1.54) is 270 Å². The fourth-order valence-corrected chi connectivity index (χ4v) is 10.2. The van der Waals surface area contributed by atoms with Crippen molar-refractivity contribution < 1.29 is 28.6 Å². The summed E-state index contributed by atoms with van der Waals surface area (Å²) in [7, 11) is 0. The number of esters is 3. The van der Waals surface area contributed by atoms with Gasteiger partial charge in [-0.2, -0.15) is 0 Å². The molecule has 0 fully saturated rings. The summed E-state index contributed by atoms with van der Waals surface area (Å²) >= 11 is 0. The lowest BCUT2D eigenvalue weighted by Gasteiger charge is -2.18. The van der Waals surface area contributed by atoms with E-state index in [0.29, 0.717) is 19.3 Å². The highest BCUT2D eigenvalue weighted by molar-refractivity contribution is 5.71. The molecule has 0 N–H and O–H groups in total. The van der Waals surface area contributed by atoms with Crippen LogP contribution in [0.5, 0.6) is 0 Å². The Bertz CT molecular complexity index is 1190. The van der Waals surface area contributed by atoms with Crippen LogP contribution >= 0.6 is 0 Å². The summed E-state index contributed by atoms with van der Waals surface area (Å²) < 4.78 is 16.9. The highest BCUT2D eigenvalue weighted by atomic mass is 16.6. The normalized spacial score (nSPS) is 12.1. The molecule has 0 aliphatic carbocycles. The average molecular weight is 1040 g/mol. The maximum atomic E-state index is 12.9. The van der Waals surface area contributed by atoms with Gasteiger partial charge in [0, 0.05) is 19.3 Å². The second-order valence-electron chi connectivity index (χ2n) is 22.7. The molecule has 0 bridgehead atoms. The van der Waals surface area contributed by atoms with Gasteiger partial charge in [-0.05, 0) is 51.4 Å². The molecule has 6 heteroatoms. The van der Waals surface area contributed by atoms with Crippen LogP contribution in [-0.2, 0) is 28.6 Å². The van der Waals surface area contributed by atoms with E-state index in [0.717, 1.165) is 64.2 Å². The number of carbonyl (C=O) groups excluding carboxylic acids is 3. The van der Waals surface area contributed by atoms with Crippen molar-refractivity contribution in [1.82, 2.24) is 0 Å². The Kier molecular flexibility index (Phi) is 61.6. The topological polar surface area (TPSA) is 78.9 Å². The summed E-state index contributed by atoms with van der Waals surface area (Å²) in [5.41, 5.74) is 0. The number of allylic oxidation sites excluding steroid dienone is 4. The molecule has 1 atom stereocenters. The van der Waals surface area contributed by atoms with Gasteiger partial charge in [0.25, 0.3) is 0 Å². The van der Waals surface area contributed by atoms with E-state index in [-0.39, 0.29) is 31.1 Å². The standard InChI is InChI=1S/C68H128O6/c1-4-7-10-13-16-18-20-22-24-26-28-30-32-33-34-36-37-39-41-43-45-47-49-52-55-58-61-67(70)73-64-65(63-72-66(69)60-57-54-51-15-12-9-6-3)74-68(71)62-59-56-53-50-48-46-44-42-40-38-35-31-29-27-25-23-21-19-17-14-11-8-5-2/h21,23,27,29,65H,4-20,22,24-26,28,30-64H2,1-3H3/b23-21-,29-27-. The summed E-state index contributed by atoms with van der Waals surface area (Å²) in [4.78, 5) is 38.1. The Labute approximate surface area is 462 Å². The molecule has 1 unspecified atom stereocenters. The molecule has 0 aliphatic rings. The number of hydrogen-bond acceptors (Lipinski definition) is 6. The van der Waals surface area contributed by atoms with Crippen molar-refractivity contribution in [2.45, 2.75) is 380 Å². The van der Waals surface area contributed by atoms with E-state index >= 15 is 0 Å². The van der Waals surface area contributed by atoms with Gasteiger partial charge in [-0.15, -0.1) is 0 Å². The Balaban J connectivity index is 4.05. The van der Waals surface area contributed by atoms with Crippen molar-refractivity contribution in [3.8, 4) is 0 Å². The smallest absolute Gasteiger partial charge is 0.306 e. The molecule has 6 nitrogen and oxygen atoms in total. The van der Waals surface area contributed by atoms with Crippen LogP contribution in [0.4, 0.5) is 0 Å². The summed E-state index contributed by atoms with van der Waals surface area (Å²) in [5.74, 6) is -0.850. The van der Waals surface area contributed by atoms with Gasteiger partial charge in [0.1, 0.15) is 13.2 Å². The third kappa shape index (κ3) is 60.8. The summed E-state index contributed by atoms with van der Waals surface area (Å²) in [5, 5.41) is 0. The molecular weight excluding hydrogens is 913 g/mol. The van der Waals surface area contributed by atoms with Crippen molar-refractivity contribution in [2.24, 2.45) is 0 Å². The predicted octanol–water partition coefficient (Wildman–Crippen LogP) is 22.6. The van der Waals surface area contributed by atoms with Gasteiger partial charge in [-0.3, -0.25) is 14.4 Å². The largest absolute Gasteiger partial charge is 0.462 e. The minimum Gasteiger partial charge on any atom is -0.462 e. The molecule has 0 radical (unpaired) electrons. The summed E-state index contributed by atoms with van der Waals surface area (Å²) in [6.45, 7) is 6.65. The molecule has 0 aliphatic heterocycles. The highest BCUT2D eigenvalue weighted by Gasteiger charge is 2.19. The molecular formula is C68H128O6. The Morgan fingerprint density at radius 1 is 0.270 bits per heavy atom. The van der Waals surface area contributed by atoms with E-state index in [4.69, 9.17) is 14.2 Å². The zero-order valence-corrected chi connectivity index (χ0v) is 50.1. The van der Waals surface area contributed by atoms with Gasteiger partial charge < -0.3 is 14.2 Å². The maximum Gasteiger partial charge on any atom is 0.306 e. The molecule has 0 aromatic carbocycles. The lowest BCUT2D eigenvalue weighted by molar-refractivity contribution is -0.167. The second-order valence-corrected chi connectivity index (χ2v) is 22.7. The minimum atomic E-state index is -0.767. The first kappa shape index (κ1) is 71.9. The lowest BCUT2D eigenvalue weighted by atomic mass is 10.0. The fraction of sp³-hybridized carbons (Fsp3) is 0.897. The van der Waals surface area contributed by atoms with Crippen LogP contribution < -0.4 is 0 Å². The van der Waals surface area contributed by atoms with Crippen molar-refractivity contribution >= 4 is 17.9 Å². The molecule has 0 heterocycles. The van der Waals surface area contributed by atoms with Crippen LogP contribution in [0, 0.1) is 0 Å². The monoisotopic (exact) mass is 1040 g/mol. The van der Waals surface area contributed by atoms with E-state index in [1.54, 1.807) is 0 Å². The number of rotatable bonds is 62. The van der Waals surface area contributed by atoms with Crippen molar-refractivity contribution in [1.29, 1.82) is 0 Å². The molecule has 0 aromatic rings. The number of hydrogen-bond donors (Lipinski definition) is 0. The van der Waals surface area contributed by atoms with Crippen LogP contribution in [0.1, 0.15) is 374 Å². The van der Waals surface area contributed by atoms with Gasteiger partial charge >= 0.3 is 17.9 Å². The average Bonchev–Trinajstić information content (AvgIpc) is 3.40. The van der Waals surface area contributed by atoms with Crippen molar-refractivity contribution in [3.63, 3.8) is 0 Å². The predicted molar refractivity (Wildman–Crippen MR) is 321 cm³/mol. The number of carbonyl (C=O) groups is 3. The molecule has 0 saturated heterocycles. The quantitative estimate of drug-likeness (QED) is 0.0261. The minimum absolute atomic E-state index is 0.0664. The van der Waals surface area contributed by atoms with Crippen molar-refractivity contribution in [2.75, 3.05) is 13.2 Å². The Morgan fingerprint density at radius 2 is 0.486 bits per heavy atom. The van der Waals surface area contributed by atoms with E-state index in [9.17, 15) is 14.4 Å². The molecule has 0 saturated carbocycles. The molecule has 436 valence electrons. The molecule has 0 amide bonds. The third-order valence-corrected chi connectivity index (χ3v) is 15.2. The van der Waals surface area contributed by atoms with Crippen LogP contribution in [0.25, 0.3) is 0 Å². The zero-order valence-electron chi connectivity index (χ0n) is 50.1. The van der Waals surface area contributed by atoms with Gasteiger partial charge in [0.2, 0.25) is 0 Å². The molecule has 74 heavy (non-hydrogen) atoms. The molecule has 0 rings (SSSR count). The van der Waals surface area contributed by atoms with Gasteiger partial charge in [-0.25, -0.2) is 0 Å². The molecule has 0 spiro atoms. The van der Waals surface area contributed by atoms with Crippen LogP contribution in [0.3, 0.4) is 0 Å². The van der Waals surface area contributed by atoms with Gasteiger partial charge in [0.15, 0.2) is 6.10 Å².